The highest BCUT2D eigenvalue weighted by atomic mass is 35.5. The molecular formula is C4H13ClN2. The number of likely N-dealkylation sites (N-methyl/N-ethyl adjacent to an activating group) is 2. The predicted molar refractivity (Wildman–Crippen MR) is 35.1 cm³/mol. The van der Waals surface area contributed by atoms with Crippen LogP contribution >= 0.6 is 12.4 Å². The van der Waals surface area contributed by atoms with Crippen molar-refractivity contribution in [3.05, 3.63) is 0 Å². The Bertz CT molecular complexity index is 21.7. The zero-order valence-electron chi connectivity index (χ0n) is 4.82. The van der Waals surface area contributed by atoms with E-state index in [1.807, 2.05) is 14.1 Å². The molecule has 0 rings (SSSR count). The molecule has 0 saturated carbocycles. The van der Waals surface area contributed by atoms with Crippen molar-refractivity contribution in [1.29, 1.82) is 0 Å². The van der Waals surface area contributed by atoms with Gasteiger partial charge in [0.05, 0.1) is 0 Å². The molecule has 3 heteroatoms. The Morgan fingerprint density at radius 1 is 1.00 bits per heavy atom. The summed E-state index contributed by atoms with van der Waals surface area (Å²) in [5.41, 5.74) is 0. The topological polar surface area (TPSA) is 24.1 Å². The van der Waals surface area contributed by atoms with Gasteiger partial charge in [0, 0.05) is 13.1 Å². The maximum Gasteiger partial charge on any atom is 0.00736 e. The van der Waals surface area contributed by atoms with Crippen molar-refractivity contribution < 1.29 is 0 Å². The summed E-state index contributed by atoms with van der Waals surface area (Å²) in [6, 6.07) is 0. The molecule has 0 amide bonds. The summed E-state index contributed by atoms with van der Waals surface area (Å²) in [7, 11) is 3.88. The van der Waals surface area contributed by atoms with Gasteiger partial charge in [0.1, 0.15) is 0 Å². The molecule has 0 atom stereocenters. The molecule has 0 aliphatic heterocycles. The van der Waals surface area contributed by atoms with Gasteiger partial charge in [-0.3, -0.25) is 0 Å². The third-order valence-electron chi connectivity index (χ3n) is 0.625. The van der Waals surface area contributed by atoms with Gasteiger partial charge in [-0.1, -0.05) is 0 Å². The SMILES string of the molecule is CNCCNC.Cl. The van der Waals surface area contributed by atoms with Crippen LogP contribution in [0.5, 0.6) is 0 Å². The van der Waals surface area contributed by atoms with E-state index in [2.05, 4.69) is 10.6 Å². The Balaban J connectivity index is 0. The van der Waals surface area contributed by atoms with Gasteiger partial charge in [-0.05, 0) is 14.1 Å². The summed E-state index contributed by atoms with van der Waals surface area (Å²) in [5, 5.41) is 6.01. The van der Waals surface area contributed by atoms with Gasteiger partial charge in [-0.2, -0.15) is 0 Å². The lowest BCUT2D eigenvalue weighted by Crippen LogP contribution is -2.21. The van der Waals surface area contributed by atoms with Gasteiger partial charge in [0.25, 0.3) is 0 Å². The van der Waals surface area contributed by atoms with Crippen LogP contribution in [0, 0.1) is 0 Å². The number of nitrogens with one attached hydrogen (secondary N) is 2. The minimum Gasteiger partial charge on any atom is -0.318 e. The van der Waals surface area contributed by atoms with E-state index < -0.39 is 0 Å². The normalized spacial score (nSPS) is 7.71. The summed E-state index contributed by atoms with van der Waals surface area (Å²) in [6.45, 7) is 2.10. The molecule has 2 N–H and O–H groups in total. The second-order valence-electron chi connectivity index (χ2n) is 1.21. The molecule has 0 aliphatic rings. The van der Waals surface area contributed by atoms with E-state index in [9.17, 15) is 0 Å². The number of hydrogen-bond acceptors (Lipinski definition) is 2. The Labute approximate surface area is 51.1 Å². The van der Waals surface area contributed by atoms with E-state index in [0.717, 1.165) is 13.1 Å². The van der Waals surface area contributed by atoms with Crippen LogP contribution in [0.3, 0.4) is 0 Å². The van der Waals surface area contributed by atoms with Gasteiger partial charge in [0.15, 0.2) is 0 Å². The first kappa shape index (κ1) is 10.2. The van der Waals surface area contributed by atoms with E-state index in [-0.39, 0.29) is 12.4 Å². The van der Waals surface area contributed by atoms with Crippen molar-refractivity contribution in [3.63, 3.8) is 0 Å². The van der Waals surface area contributed by atoms with Crippen LogP contribution in [0.15, 0.2) is 0 Å². The molecule has 2 nitrogen and oxygen atoms in total. The van der Waals surface area contributed by atoms with Gasteiger partial charge in [-0.15, -0.1) is 12.4 Å². The monoisotopic (exact) mass is 124 g/mol. The summed E-state index contributed by atoms with van der Waals surface area (Å²) < 4.78 is 0. The molecular weight excluding hydrogens is 112 g/mol. The first-order chi connectivity index (χ1) is 2.91. The van der Waals surface area contributed by atoms with E-state index in [4.69, 9.17) is 0 Å². The Hall–Kier alpha value is 0.210. The average Bonchev–Trinajstić information content (AvgIpc) is 1.61. The fourth-order valence-electron chi connectivity index (χ4n) is 0.250. The lowest BCUT2D eigenvalue weighted by Gasteiger charge is -1.92. The van der Waals surface area contributed by atoms with Crippen LogP contribution in [-0.2, 0) is 0 Å². The molecule has 0 unspecified atom stereocenters. The molecule has 0 aromatic heterocycles. The van der Waals surface area contributed by atoms with Crippen molar-refractivity contribution in [3.8, 4) is 0 Å². The van der Waals surface area contributed by atoms with Gasteiger partial charge in [-0.25, -0.2) is 0 Å². The molecule has 0 spiro atoms. The molecule has 0 heterocycles. The standard InChI is InChI=1S/C4H12N2.ClH/c1-5-3-4-6-2;/h5-6H,3-4H2,1-2H3;1H. The molecule has 0 fully saturated rings. The summed E-state index contributed by atoms with van der Waals surface area (Å²) >= 11 is 0. The van der Waals surface area contributed by atoms with E-state index in [1.165, 1.54) is 0 Å². The lowest BCUT2D eigenvalue weighted by atomic mass is 10.6. The van der Waals surface area contributed by atoms with Crippen molar-refractivity contribution >= 4 is 12.4 Å². The number of hydrogen-bond donors (Lipinski definition) is 2. The minimum atomic E-state index is 0. The Morgan fingerprint density at radius 2 is 1.29 bits per heavy atom. The van der Waals surface area contributed by atoms with Gasteiger partial charge in [0.2, 0.25) is 0 Å². The summed E-state index contributed by atoms with van der Waals surface area (Å²) in [5.74, 6) is 0. The van der Waals surface area contributed by atoms with Crippen LogP contribution in [-0.4, -0.2) is 27.2 Å². The molecule has 0 radical (unpaired) electrons. The van der Waals surface area contributed by atoms with Gasteiger partial charge >= 0.3 is 0 Å². The summed E-state index contributed by atoms with van der Waals surface area (Å²) in [4.78, 5) is 0. The van der Waals surface area contributed by atoms with Crippen molar-refractivity contribution in [2.24, 2.45) is 0 Å². The zero-order chi connectivity index (χ0) is 4.83. The fraction of sp³-hybridized carbons (Fsp3) is 1.00. The van der Waals surface area contributed by atoms with Crippen molar-refractivity contribution in [2.75, 3.05) is 27.2 Å². The first-order valence-electron chi connectivity index (χ1n) is 2.21. The van der Waals surface area contributed by atoms with E-state index in [0.29, 0.717) is 0 Å². The second-order valence-corrected chi connectivity index (χ2v) is 1.21. The summed E-state index contributed by atoms with van der Waals surface area (Å²) in [6.07, 6.45) is 0. The molecule has 46 valence electrons. The minimum absolute atomic E-state index is 0. The smallest absolute Gasteiger partial charge is 0.00736 e. The molecule has 0 saturated heterocycles. The maximum atomic E-state index is 3.01. The van der Waals surface area contributed by atoms with Gasteiger partial charge < -0.3 is 10.6 Å². The number of halogens is 1. The van der Waals surface area contributed by atoms with Crippen LogP contribution in [0.2, 0.25) is 0 Å². The first-order valence-corrected chi connectivity index (χ1v) is 2.21. The third kappa shape index (κ3) is 10.7. The highest BCUT2D eigenvalue weighted by Crippen LogP contribution is 1.45. The number of rotatable bonds is 3. The van der Waals surface area contributed by atoms with Crippen molar-refractivity contribution in [1.82, 2.24) is 10.6 Å². The highest BCUT2D eigenvalue weighted by Gasteiger charge is 1.70. The quantitative estimate of drug-likeness (QED) is 0.512. The van der Waals surface area contributed by atoms with Crippen LogP contribution in [0.25, 0.3) is 0 Å². The largest absolute Gasteiger partial charge is 0.318 e. The Morgan fingerprint density at radius 3 is 1.43 bits per heavy atom. The molecule has 0 bridgehead atoms. The maximum absolute atomic E-state index is 3.01. The van der Waals surface area contributed by atoms with E-state index in [1.54, 1.807) is 0 Å². The van der Waals surface area contributed by atoms with E-state index >= 15 is 0 Å². The van der Waals surface area contributed by atoms with Crippen LogP contribution in [0.4, 0.5) is 0 Å². The lowest BCUT2D eigenvalue weighted by molar-refractivity contribution is 0.718. The second kappa shape index (κ2) is 9.51. The molecule has 0 aromatic carbocycles. The highest BCUT2D eigenvalue weighted by molar-refractivity contribution is 5.85. The van der Waals surface area contributed by atoms with Crippen molar-refractivity contribution in [2.45, 2.75) is 0 Å². The van der Waals surface area contributed by atoms with Crippen LogP contribution in [0.1, 0.15) is 0 Å². The molecule has 0 aliphatic carbocycles. The molecule has 7 heavy (non-hydrogen) atoms. The predicted octanol–water partition coefficient (Wildman–Crippen LogP) is -0.153. The average molecular weight is 125 g/mol. The fourth-order valence-corrected chi connectivity index (χ4v) is 0.250. The van der Waals surface area contributed by atoms with Crippen LogP contribution < -0.4 is 10.6 Å². The Kier molecular flexibility index (Phi) is 13.9. The third-order valence-corrected chi connectivity index (χ3v) is 0.625. The molecule has 0 aromatic rings. The zero-order valence-corrected chi connectivity index (χ0v) is 5.64.